The molecule has 0 saturated carbocycles. The number of methoxy groups -OCH3 is 2. The van der Waals surface area contributed by atoms with Crippen LogP contribution in [0, 0.1) is 0 Å². The van der Waals surface area contributed by atoms with Gasteiger partial charge < -0.3 is 20.1 Å². The summed E-state index contributed by atoms with van der Waals surface area (Å²) in [5.41, 5.74) is 5.09. The Labute approximate surface area is 276 Å². The molecule has 8 nitrogen and oxygen atoms in total. The average Bonchev–Trinajstić information content (AvgIpc) is 3.68. The van der Waals surface area contributed by atoms with Crippen molar-refractivity contribution in [3.63, 3.8) is 0 Å². The number of benzene rings is 4. The van der Waals surface area contributed by atoms with E-state index in [-0.39, 0.29) is 23.3 Å². The maximum atomic E-state index is 12.7. The molecule has 0 fully saturated rings. The molecule has 4 aromatic carbocycles. The largest absolute Gasteiger partial charge is 0.495 e. The summed E-state index contributed by atoms with van der Waals surface area (Å²) in [6, 6.07) is 27.3. The van der Waals surface area contributed by atoms with Crippen molar-refractivity contribution < 1.29 is 19.1 Å². The highest BCUT2D eigenvalue weighted by atomic mass is 32.2. The normalized spacial score (nSPS) is 11.1. The molecule has 228 valence electrons. The molecule has 0 spiro atoms. The van der Waals surface area contributed by atoms with E-state index >= 15 is 0 Å². The number of aromatic nitrogens is 2. The minimum Gasteiger partial charge on any atom is -0.495 e. The molecular weight excluding hydrogens is 645 g/mol. The second kappa shape index (κ2) is 14.3. The molecule has 12 heteroatoms. The number of nitrogens with zero attached hydrogens (tertiary/aromatic N) is 2. The van der Waals surface area contributed by atoms with E-state index in [2.05, 4.69) is 20.6 Å². The fourth-order valence-electron chi connectivity index (χ4n) is 4.59. The van der Waals surface area contributed by atoms with E-state index in [1.165, 1.54) is 23.5 Å². The Hall–Kier alpha value is -4.10. The first-order valence-corrected chi connectivity index (χ1v) is 17.5. The third-order valence-corrected chi connectivity index (χ3v) is 11.0. The van der Waals surface area contributed by atoms with Gasteiger partial charge in [-0.2, -0.15) is 0 Å². The van der Waals surface area contributed by atoms with Crippen molar-refractivity contribution in [3.05, 3.63) is 96.1 Å². The number of para-hydroxylation sites is 2. The third kappa shape index (κ3) is 7.77. The number of nitrogens with one attached hydrogen (secondary N) is 2. The first-order valence-electron chi connectivity index (χ1n) is 13.9. The molecule has 6 aromatic rings. The minimum atomic E-state index is -0.133. The van der Waals surface area contributed by atoms with Gasteiger partial charge in [0, 0.05) is 0 Å². The smallest absolute Gasteiger partial charge is 0.234 e. The second-order valence-electron chi connectivity index (χ2n) is 9.81. The van der Waals surface area contributed by atoms with Gasteiger partial charge in [0.05, 0.1) is 57.5 Å². The first kappa shape index (κ1) is 30.9. The summed E-state index contributed by atoms with van der Waals surface area (Å²) in [6.45, 7) is 0. The highest BCUT2D eigenvalue weighted by molar-refractivity contribution is 8.02. The van der Waals surface area contributed by atoms with Crippen molar-refractivity contribution in [2.24, 2.45) is 0 Å². The van der Waals surface area contributed by atoms with Gasteiger partial charge in [-0.15, -0.1) is 22.7 Å². The number of carbonyl (C=O) groups is 2. The van der Waals surface area contributed by atoms with Crippen molar-refractivity contribution >= 4 is 89.8 Å². The zero-order chi connectivity index (χ0) is 31.2. The van der Waals surface area contributed by atoms with Crippen LogP contribution in [0.25, 0.3) is 20.4 Å². The molecule has 0 aliphatic rings. The van der Waals surface area contributed by atoms with Crippen LogP contribution in [0.1, 0.15) is 11.1 Å². The quantitative estimate of drug-likeness (QED) is 0.126. The van der Waals surface area contributed by atoms with Crippen LogP contribution in [-0.2, 0) is 16.0 Å². The van der Waals surface area contributed by atoms with Gasteiger partial charge >= 0.3 is 0 Å². The minimum absolute atomic E-state index is 0.133. The molecule has 0 atom stereocenters. The SMILES string of the molecule is COc1cc(Cc2ccc(NC(=O)CSc3nc4ccccc4s3)c(OC)c2)ccc1NC(=O)CSc1nc2ccccc2s1. The number of thioether (sulfide) groups is 2. The first-order chi connectivity index (χ1) is 22.0. The summed E-state index contributed by atoms with van der Waals surface area (Å²) in [5.74, 6) is 1.37. The predicted molar refractivity (Wildman–Crippen MR) is 187 cm³/mol. The summed E-state index contributed by atoms with van der Waals surface area (Å²) >= 11 is 5.99. The summed E-state index contributed by atoms with van der Waals surface area (Å²) < 4.78 is 15.1. The van der Waals surface area contributed by atoms with Gasteiger partial charge in [-0.05, 0) is 66.1 Å². The Bertz CT molecular complexity index is 1780. The monoisotopic (exact) mass is 672 g/mol. The zero-order valence-electron chi connectivity index (χ0n) is 24.4. The molecule has 0 unspecified atom stereocenters. The van der Waals surface area contributed by atoms with Gasteiger partial charge in [0.25, 0.3) is 0 Å². The van der Waals surface area contributed by atoms with E-state index in [9.17, 15) is 9.59 Å². The predicted octanol–water partition coefficient (Wildman–Crippen LogP) is 7.98. The number of anilines is 2. The van der Waals surface area contributed by atoms with Crippen LogP contribution in [0.2, 0.25) is 0 Å². The number of thiazole rings is 2. The van der Waals surface area contributed by atoms with Crippen molar-refractivity contribution in [2.45, 2.75) is 15.1 Å². The van der Waals surface area contributed by atoms with E-state index in [0.717, 1.165) is 40.2 Å². The molecule has 0 bridgehead atoms. The van der Waals surface area contributed by atoms with E-state index in [1.54, 1.807) is 36.9 Å². The van der Waals surface area contributed by atoms with E-state index in [0.29, 0.717) is 29.3 Å². The summed E-state index contributed by atoms with van der Waals surface area (Å²) in [7, 11) is 3.17. The Balaban J connectivity index is 1.04. The maximum Gasteiger partial charge on any atom is 0.234 e. The molecule has 0 aliphatic carbocycles. The van der Waals surface area contributed by atoms with Crippen molar-refractivity contribution in [1.82, 2.24) is 9.97 Å². The molecule has 2 N–H and O–H groups in total. The fourth-order valence-corrected chi connectivity index (χ4v) is 8.32. The van der Waals surface area contributed by atoms with Crippen LogP contribution in [0.3, 0.4) is 0 Å². The number of hydrogen-bond donors (Lipinski definition) is 2. The van der Waals surface area contributed by atoms with E-state index in [4.69, 9.17) is 9.47 Å². The van der Waals surface area contributed by atoms with Crippen molar-refractivity contribution in [1.29, 1.82) is 0 Å². The Morgan fingerprint density at radius 1 is 0.667 bits per heavy atom. The highest BCUT2D eigenvalue weighted by Crippen LogP contribution is 2.33. The van der Waals surface area contributed by atoms with Crippen LogP contribution in [-0.4, -0.2) is 47.5 Å². The number of fused-ring (bicyclic) bond motifs is 2. The topological polar surface area (TPSA) is 102 Å². The molecule has 0 radical (unpaired) electrons. The van der Waals surface area contributed by atoms with Crippen LogP contribution in [0.4, 0.5) is 11.4 Å². The summed E-state index contributed by atoms with van der Waals surface area (Å²) in [6.07, 6.45) is 0.607. The molecule has 45 heavy (non-hydrogen) atoms. The van der Waals surface area contributed by atoms with Gasteiger partial charge in [0.1, 0.15) is 11.5 Å². The number of hydrogen-bond acceptors (Lipinski definition) is 10. The van der Waals surface area contributed by atoms with Crippen molar-refractivity contribution in [3.8, 4) is 11.5 Å². The Morgan fingerprint density at radius 2 is 1.11 bits per heavy atom. The third-order valence-electron chi connectivity index (χ3n) is 6.69. The van der Waals surface area contributed by atoms with Gasteiger partial charge in [0.15, 0.2) is 8.68 Å². The van der Waals surface area contributed by atoms with Gasteiger partial charge in [0.2, 0.25) is 11.8 Å². The molecule has 6 rings (SSSR count). The van der Waals surface area contributed by atoms with Crippen LogP contribution in [0.15, 0.2) is 93.6 Å². The summed E-state index contributed by atoms with van der Waals surface area (Å²) in [5, 5.41) is 5.91. The molecule has 0 saturated heterocycles. The Morgan fingerprint density at radius 3 is 1.53 bits per heavy atom. The number of amides is 2. The maximum absolute atomic E-state index is 12.7. The van der Waals surface area contributed by atoms with Crippen LogP contribution >= 0.6 is 46.2 Å². The van der Waals surface area contributed by atoms with Gasteiger partial charge in [-0.25, -0.2) is 9.97 Å². The standard InChI is InChI=1S/C33H28N4O4S4/c1-40-26-16-20(11-13-22(26)34-30(38)18-42-32-36-24-7-3-5-9-28(24)44-32)15-21-12-14-23(27(17-21)41-2)35-31(39)19-43-33-37-25-8-4-6-10-29(25)45-33/h3-14,16-17H,15,18-19H2,1-2H3,(H,34,38)(H,35,39). The van der Waals surface area contributed by atoms with Crippen LogP contribution in [0.5, 0.6) is 11.5 Å². The number of carbonyl (C=O) groups excluding carboxylic acids is 2. The van der Waals surface area contributed by atoms with Crippen LogP contribution < -0.4 is 20.1 Å². The molecule has 0 aliphatic heterocycles. The molecular formula is C33H28N4O4S4. The lowest BCUT2D eigenvalue weighted by molar-refractivity contribution is -0.114. The van der Waals surface area contributed by atoms with Gasteiger partial charge in [-0.3, -0.25) is 9.59 Å². The zero-order valence-corrected chi connectivity index (χ0v) is 27.6. The Kier molecular flexibility index (Phi) is 9.84. The lowest BCUT2D eigenvalue weighted by Gasteiger charge is -2.14. The molecule has 2 heterocycles. The van der Waals surface area contributed by atoms with E-state index in [1.807, 2.05) is 84.9 Å². The van der Waals surface area contributed by atoms with Crippen molar-refractivity contribution in [2.75, 3.05) is 36.4 Å². The number of ether oxygens (including phenoxy) is 2. The number of rotatable bonds is 12. The van der Waals surface area contributed by atoms with E-state index < -0.39 is 0 Å². The second-order valence-corrected chi connectivity index (χ2v) is 14.3. The van der Waals surface area contributed by atoms with Gasteiger partial charge in [-0.1, -0.05) is 59.9 Å². The summed E-state index contributed by atoms with van der Waals surface area (Å²) in [4.78, 5) is 34.6. The molecule has 2 aromatic heterocycles. The lowest BCUT2D eigenvalue weighted by atomic mass is 10.0. The average molecular weight is 673 g/mol. The lowest BCUT2D eigenvalue weighted by Crippen LogP contribution is -2.15. The highest BCUT2D eigenvalue weighted by Gasteiger charge is 2.14. The molecule has 2 amide bonds. The fraction of sp³-hybridized carbons (Fsp3) is 0.152.